The van der Waals surface area contributed by atoms with Crippen molar-refractivity contribution < 1.29 is 34.7 Å². The van der Waals surface area contributed by atoms with Gasteiger partial charge in [0, 0.05) is 25.4 Å². The average Bonchev–Trinajstić information content (AvgIpc) is 2.68. The lowest BCUT2D eigenvalue weighted by molar-refractivity contribution is 0.0695. The maximum atomic E-state index is 13.1. The summed E-state index contributed by atoms with van der Waals surface area (Å²) < 4.78 is 6.71. The zero-order valence-electron chi connectivity index (χ0n) is 15.2. The van der Waals surface area contributed by atoms with Gasteiger partial charge in [0.05, 0.1) is 27.4 Å². The number of fused-ring (bicyclic) bond motifs is 2. The van der Waals surface area contributed by atoms with Crippen LogP contribution in [0.4, 0.5) is 0 Å². The van der Waals surface area contributed by atoms with E-state index >= 15 is 0 Å². The van der Waals surface area contributed by atoms with Crippen molar-refractivity contribution in [2.45, 2.75) is 0 Å². The zero-order valence-corrected chi connectivity index (χ0v) is 15.2. The molecular weight excluding hydrogens is 398 g/mol. The van der Waals surface area contributed by atoms with Crippen LogP contribution in [0.2, 0.25) is 0 Å². The van der Waals surface area contributed by atoms with Crippen molar-refractivity contribution in [3.63, 3.8) is 0 Å². The molecule has 0 bridgehead atoms. The fourth-order valence-corrected chi connectivity index (χ4v) is 3.36. The van der Waals surface area contributed by atoms with Crippen LogP contribution in [0.15, 0.2) is 44.7 Å². The van der Waals surface area contributed by atoms with Gasteiger partial charge in [0.25, 0.3) is 0 Å². The smallest absolute Gasteiger partial charge is 0.340 e. The summed E-state index contributed by atoms with van der Waals surface area (Å²) in [5.74, 6) is -4.43. The molecule has 0 aliphatic carbocycles. The van der Waals surface area contributed by atoms with Crippen LogP contribution in [0.5, 0.6) is 23.0 Å². The molecule has 10 heteroatoms. The van der Waals surface area contributed by atoms with Crippen molar-refractivity contribution in [1.29, 1.82) is 0 Å². The van der Waals surface area contributed by atoms with Crippen LogP contribution in [0.3, 0.4) is 0 Å². The van der Waals surface area contributed by atoms with Crippen molar-refractivity contribution >= 4 is 27.8 Å². The Bertz CT molecular complexity index is 1510. The second kappa shape index (κ2) is 6.27. The molecule has 2 aromatic heterocycles. The Hall–Kier alpha value is -4.47. The number of benzene rings is 2. The number of hydrogen-bond acceptors (Lipinski definition) is 8. The summed E-state index contributed by atoms with van der Waals surface area (Å²) in [6.45, 7) is 0. The second-order valence-corrected chi connectivity index (χ2v) is 6.62. The lowest BCUT2D eigenvalue weighted by Gasteiger charge is -2.11. The molecule has 4 rings (SSSR count). The first-order chi connectivity index (χ1) is 14.1. The van der Waals surface area contributed by atoms with Gasteiger partial charge < -0.3 is 34.5 Å². The van der Waals surface area contributed by atoms with Gasteiger partial charge in [-0.1, -0.05) is 0 Å². The summed E-state index contributed by atoms with van der Waals surface area (Å²) >= 11 is 0. The average molecular weight is 411 g/mol. The van der Waals surface area contributed by atoms with Crippen molar-refractivity contribution in [3.05, 3.63) is 56.7 Å². The van der Waals surface area contributed by atoms with E-state index in [0.29, 0.717) is 0 Å². The number of phenolic OH excluding ortho intramolecular Hbond substituents is 3. The third kappa shape index (κ3) is 2.54. The Morgan fingerprint density at radius 2 is 1.60 bits per heavy atom. The van der Waals surface area contributed by atoms with Gasteiger partial charge in [-0.3, -0.25) is 9.59 Å². The molecule has 30 heavy (non-hydrogen) atoms. The summed E-state index contributed by atoms with van der Waals surface area (Å²) in [6.07, 6.45) is 2.23. The SMILES string of the molecule is Cn1cc(-c2coc3cc(O)c(O)c(C(=O)O)c3c2=O)c(=O)c2cc(O)c(O)cc21. The first kappa shape index (κ1) is 18.9. The number of phenols is 4. The highest BCUT2D eigenvalue weighted by Crippen LogP contribution is 2.35. The Morgan fingerprint density at radius 1 is 0.933 bits per heavy atom. The number of carbonyl (C=O) groups is 1. The fourth-order valence-electron chi connectivity index (χ4n) is 3.36. The van der Waals surface area contributed by atoms with Crippen LogP contribution in [0.1, 0.15) is 10.4 Å². The van der Waals surface area contributed by atoms with Gasteiger partial charge in [0.1, 0.15) is 17.4 Å². The molecule has 10 nitrogen and oxygen atoms in total. The number of aromatic carboxylic acids is 1. The molecule has 0 aliphatic heterocycles. The van der Waals surface area contributed by atoms with Crippen molar-refractivity contribution in [1.82, 2.24) is 4.57 Å². The van der Waals surface area contributed by atoms with E-state index < -0.39 is 50.8 Å². The van der Waals surface area contributed by atoms with E-state index in [4.69, 9.17) is 4.42 Å². The van der Waals surface area contributed by atoms with Crippen LogP contribution < -0.4 is 10.9 Å². The molecule has 0 saturated heterocycles. The summed E-state index contributed by atoms with van der Waals surface area (Å²) in [5, 5.41) is 47.9. The number of nitrogens with zero attached hydrogens (tertiary/aromatic N) is 1. The van der Waals surface area contributed by atoms with Crippen molar-refractivity contribution in [2.24, 2.45) is 7.05 Å². The molecule has 152 valence electrons. The summed E-state index contributed by atoms with van der Waals surface area (Å²) in [7, 11) is 1.54. The third-order valence-corrected chi connectivity index (χ3v) is 4.81. The van der Waals surface area contributed by atoms with Gasteiger partial charge in [-0.05, 0) is 6.07 Å². The molecule has 0 radical (unpaired) electrons. The Kier molecular flexibility index (Phi) is 3.95. The first-order valence-corrected chi connectivity index (χ1v) is 8.41. The number of aromatic nitrogens is 1. The molecule has 0 unspecified atom stereocenters. The molecule has 2 aromatic carbocycles. The van der Waals surface area contributed by atoms with E-state index in [0.717, 1.165) is 18.4 Å². The first-order valence-electron chi connectivity index (χ1n) is 8.41. The summed E-state index contributed by atoms with van der Waals surface area (Å²) in [6, 6.07) is 3.12. The van der Waals surface area contributed by atoms with Gasteiger partial charge >= 0.3 is 5.97 Å². The Balaban J connectivity index is 2.14. The molecule has 0 fully saturated rings. The maximum absolute atomic E-state index is 13.1. The fraction of sp³-hybridized carbons (Fsp3) is 0.0500. The predicted octanol–water partition coefficient (Wildman–Crippen LogP) is 1.83. The molecule has 0 spiro atoms. The highest BCUT2D eigenvalue weighted by atomic mass is 16.4. The minimum Gasteiger partial charge on any atom is -0.504 e. The molecule has 0 amide bonds. The lowest BCUT2D eigenvalue weighted by atomic mass is 10.0. The quantitative estimate of drug-likeness (QED) is 0.309. The molecule has 2 heterocycles. The maximum Gasteiger partial charge on any atom is 0.340 e. The van der Waals surface area contributed by atoms with Crippen LogP contribution in [-0.2, 0) is 7.05 Å². The Morgan fingerprint density at radius 3 is 2.27 bits per heavy atom. The van der Waals surface area contributed by atoms with Crippen LogP contribution in [0, 0.1) is 0 Å². The lowest BCUT2D eigenvalue weighted by Crippen LogP contribution is -2.17. The van der Waals surface area contributed by atoms with Crippen LogP contribution in [-0.4, -0.2) is 36.1 Å². The van der Waals surface area contributed by atoms with Crippen LogP contribution >= 0.6 is 0 Å². The molecule has 4 aromatic rings. The zero-order chi connectivity index (χ0) is 21.9. The van der Waals surface area contributed by atoms with E-state index in [-0.39, 0.29) is 27.6 Å². The second-order valence-electron chi connectivity index (χ2n) is 6.62. The largest absolute Gasteiger partial charge is 0.504 e. The molecule has 0 saturated carbocycles. The van der Waals surface area contributed by atoms with Gasteiger partial charge in [0.2, 0.25) is 5.43 Å². The van der Waals surface area contributed by atoms with E-state index in [1.165, 1.54) is 23.9 Å². The number of pyridine rings is 1. The molecule has 5 N–H and O–H groups in total. The number of rotatable bonds is 2. The topological polar surface area (TPSA) is 170 Å². The molecule has 0 atom stereocenters. The van der Waals surface area contributed by atoms with E-state index in [9.17, 15) is 39.9 Å². The van der Waals surface area contributed by atoms with E-state index in [1.807, 2.05) is 0 Å². The van der Waals surface area contributed by atoms with Gasteiger partial charge in [-0.25, -0.2) is 4.79 Å². The third-order valence-electron chi connectivity index (χ3n) is 4.81. The highest BCUT2D eigenvalue weighted by molar-refractivity contribution is 6.06. The van der Waals surface area contributed by atoms with Crippen molar-refractivity contribution in [3.8, 4) is 34.1 Å². The van der Waals surface area contributed by atoms with E-state index in [1.54, 1.807) is 0 Å². The summed E-state index contributed by atoms with van der Waals surface area (Å²) in [4.78, 5) is 37.6. The number of hydrogen-bond donors (Lipinski definition) is 5. The summed E-state index contributed by atoms with van der Waals surface area (Å²) in [5.41, 5.74) is -2.91. The Labute approximate surface area is 165 Å². The van der Waals surface area contributed by atoms with Gasteiger partial charge in [-0.15, -0.1) is 0 Å². The van der Waals surface area contributed by atoms with Gasteiger partial charge in [0.15, 0.2) is 28.4 Å². The van der Waals surface area contributed by atoms with Crippen LogP contribution in [0.25, 0.3) is 33.0 Å². The van der Waals surface area contributed by atoms with E-state index in [2.05, 4.69) is 0 Å². The minimum atomic E-state index is -1.68. The number of carboxylic acids is 1. The number of aryl methyl sites for hydroxylation is 1. The monoisotopic (exact) mass is 411 g/mol. The number of aromatic hydroxyl groups is 4. The molecular formula is C20H13NO9. The highest BCUT2D eigenvalue weighted by Gasteiger charge is 2.24. The standard InChI is InChI=1S/C20H13NO9/c1-21-5-8(17(25)7-2-11(22)12(23)3-10(7)21)9-6-30-14-4-13(24)19(27)16(20(28)29)15(14)18(9)26/h2-6,22-24,27H,1H3,(H,28,29). The normalized spacial score (nSPS) is 11.2. The van der Waals surface area contributed by atoms with Crippen molar-refractivity contribution in [2.75, 3.05) is 0 Å². The molecule has 0 aliphatic rings. The van der Waals surface area contributed by atoms with Gasteiger partial charge in [-0.2, -0.15) is 0 Å². The number of carboxylic acid groups (broad SMARTS) is 1. The predicted molar refractivity (Wildman–Crippen MR) is 104 cm³/mol. The minimum absolute atomic E-state index is 0.00296.